The molecule has 6 nitrogen and oxygen atoms in total. The van der Waals surface area contributed by atoms with Gasteiger partial charge in [-0.05, 0) is 48.7 Å². The van der Waals surface area contributed by atoms with E-state index in [0.717, 1.165) is 37.1 Å². The molecule has 1 heterocycles. The van der Waals surface area contributed by atoms with Gasteiger partial charge in [-0.25, -0.2) is 0 Å². The molecule has 1 fully saturated rings. The molecule has 1 atom stereocenters. The molecule has 5 N–H and O–H groups in total. The lowest BCUT2D eigenvalue weighted by atomic mass is 9.97. The summed E-state index contributed by atoms with van der Waals surface area (Å²) in [5.74, 6) is -0.412. The van der Waals surface area contributed by atoms with Crippen LogP contribution in [0.2, 0.25) is 0 Å². The summed E-state index contributed by atoms with van der Waals surface area (Å²) in [6, 6.07) is 15.1. The van der Waals surface area contributed by atoms with Crippen LogP contribution in [0.5, 0.6) is 0 Å². The zero-order chi connectivity index (χ0) is 19.2. The van der Waals surface area contributed by atoms with Gasteiger partial charge in [0, 0.05) is 30.9 Å². The van der Waals surface area contributed by atoms with Crippen LogP contribution in [-0.2, 0) is 17.9 Å². The van der Waals surface area contributed by atoms with Crippen LogP contribution in [0.3, 0.4) is 0 Å². The second-order valence-electron chi connectivity index (χ2n) is 7.10. The maximum atomic E-state index is 12.3. The van der Waals surface area contributed by atoms with Crippen molar-refractivity contribution in [1.82, 2.24) is 10.2 Å². The molecule has 1 aliphatic heterocycles. The number of benzene rings is 2. The second-order valence-corrected chi connectivity index (χ2v) is 7.10. The first kappa shape index (κ1) is 18.9. The lowest BCUT2D eigenvalue weighted by Crippen LogP contribution is -2.40. The van der Waals surface area contributed by atoms with Crippen molar-refractivity contribution >= 4 is 17.5 Å². The standard InChI is InChI=1S/C21H26N4O2/c22-19-8-2-6-17(11-19)21(27)24-12-15-4-1-5-16(10-15)13-25-9-3-7-18(14-25)20(23)26/h1-2,4-6,8,10-11,18H,3,7,9,12-14,22H2,(H2,23,26)(H,24,27). The minimum Gasteiger partial charge on any atom is -0.399 e. The maximum Gasteiger partial charge on any atom is 0.251 e. The molecule has 3 rings (SSSR count). The summed E-state index contributed by atoms with van der Waals surface area (Å²) in [4.78, 5) is 26.0. The summed E-state index contributed by atoms with van der Waals surface area (Å²) in [6.07, 6.45) is 1.87. The van der Waals surface area contributed by atoms with Crippen LogP contribution in [0.15, 0.2) is 48.5 Å². The van der Waals surface area contributed by atoms with Crippen LogP contribution in [0.4, 0.5) is 5.69 Å². The van der Waals surface area contributed by atoms with E-state index in [0.29, 0.717) is 24.3 Å². The minimum atomic E-state index is -0.210. The summed E-state index contributed by atoms with van der Waals surface area (Å²) >= 11 is 0. The van der Waals surface area contributed by atoms with E-state index in [-0.39, 0.29) is 17.7 Å². The average molecular weight is 366 g/mol. The normalized spacial score (nSPS) is 17.4. The first-order valence-electron chi connectivity index (χ1n) is 9.24. The van der Waals surface area contributed by atoms with Gasteiger partial charge >= 0.3 is 0 Å². The molecule has 0 bridgehead atoms. The van der Waals surface area contributed by atoms with Crippen LogP contribution in [0.1, 0.15) is 34.3 Å². The molecule has 1 aliphatic rings. The highest BCUT2D eigenvalue weighted by molar-refractivity contribution is 5.94. The molecule has 27 heavy (non-hydrogen) atoms. The van der Waals surface area contributed by atoms with Crippen molar-refractivity contribution in [3.8, 4) is 0 Å². The van der Waals surface area contributed by atoms with Crippen molar-refractivity contribution in [2.24, 2.45) is 11.7 Å². The molecule has 1 unspecified atom stereocenters. The SMILES string of the molecule is NC(=O)C1CCCN(Cc2cccc(CNC(=O)c3cccc(N)c3)c2)C1. The van der Waals surface area contributed by atoms with Crippen molar-refractivity contribution < 1.29 is 9.59 Å². The smallest absolute Gasteiger partial charge is 0.251 e. The molecular weight excluding hydrogens is 340 g/mol. The van der Waals surface area contributed by atoms with Crippen molar-refractivity contribution in [3.63, 3.8) is 0 Å². The number of hydrogen-bond acceptors (Lipinski definition) is 4. The highest BCUT2D eigenvalue weighted by atomic mass is 16.2. The zero-order valence-electron chi connectivity index (χ0n) is 15.4. The van der Waals surface area contributed by atoms with E-state index >= 15 is 0 Å². The van der Waals surface area contributed by atoms with Gasteiger partial charge in [0.05, 0.1) is 5.92 Å². The Labute approximate surface area is 159 Å². The number of amides is 2. The third-order valence-corrected chi connectivity index (χ3v) is 4.91. The topological polar surface area (TPSA) is 101 Å². The van der Waals surface area contributed by atoms with Gasteiger partial charge in [0.25, 0.3) is 5.91 Å². The Morgan fingerprint density at radius 2 is 1.89 bits per heavy atom. The number of nitrogen functional groups attached to an aromatic ring is 1. The number of primary amides is 1. The fourth-order valence-corrected chi connectivity index (χ4v) is 3.49. The lowest BCUT2D eigenvalue weighted by molar-refractivity contribution is -0.123. The van der Waals surface area contributed by atoms with Gasteiger partial charge in [0.1, 0.15) is 0 Å². The Hall–Kier alpha value is -2.86. The van der Waals surface area contributed by atoms with Crippen LogP contribution < -0.4 is 16.8 Å². The molecule has 2 aromatic rings. The monoisotopic (exact) mass is 366 g/mol. The Balaban J connectivity index is 1.57. The second kappa shape index (κ2) is 8.68. The Morgan fingerprint density at radius 3 is 2.67 bits per heavy atom. The minimum absolute atomic E-state index is 0.0560. The van der Waals surface area contributed by atoms with Crippen LogP contribution in [-0.4, -0.2) is 29.8 Å². The van der Waals surface area contributed by atoms with Gasteiger partial charge in [-0.2, -0.15) is 0 Å². The Bertz CT molecular complexity index is 821. The highest BCUT2D eigenvalue weighted by Crippen LogP contribution is 2.19. The molecule has 2 aromatic carbocycles. The lowest BCUT2D eigenvalue weighted by Gasteiger charge is -2.31. The van der Waals surface area contributed by atoms with E-state index in [2.05, 4.69) is 22.3 Å². The van der Waals surface area contributed by atoms with Crippen LogP contribution in [0.25, 0.3) is 0 Å². The molecule has 0 saturated carbocycles. The van der Waals surface area contributed by atoms with E-state index in [9.17, 15) is 9.59 Å². The number of nitrogens with one attached hydrogen (secondary N) is 1. The van der Waals surface area contributed by atoms with E-state index in [1.54, 1.807) is 24.3 Å². The quantitative estimate of drug-likeness (QED) is 0.680. The summed E-state index contributed by atoms with van der Waals surface area (Å²) in [5, 5.41) is 2.93. The number of carbonyl (C=O) groups excluding carboxylic acids is 2. The zero-order valence-corrected chi connectivity index (χ0v) is 15.4. The van der Waals surface area contributed by atoms with Gasteiger partial charge in [-0.15, -0.1) is 0 Å². The Kier molecular flexibility index (Phi) is 6.08. The molecule has 0 radical (unpaired) electrons. The van der Waals surface area contributed by atoms with Crippen molar-refractivity contribution in [3.05, 3.63) is 65.2 Å². The van der Waals surface area contributed by atoms with Gasteiger partial charge < -0.3 is 16.8 Å². The van der Waals surface area contributed by atoms with Crippen LogP contribution in [0, 0.1) is 5.92 Å². The van der Waals surface area contributed by atoms with Crippen molar-refractivity contribution in [2.75, 3.05) is 18.8 Å². The van der Waals surface area contributed by atoms with E-state index in [1.165, 1.54) is 0 Å². The fraction of sp³-hybridized carbons (Fsp3) is 0.333. The Morgan fingerprint density at radius 1 is 1.11 bits per heavy atom. The largest absolute Gasteiger partial charge is 0.399 e. The van der Waals surface area contributed by atoms with Gasteiger partial charge in [0.15, 0.2) is 0 Å². The number of anilines is 1. The summed E-state index contributed by atoms with van der Waals surface area (Å²) in [7, 11) is 0. The van der Waals surface area contributed by atoms with E-state index < -0.39 is 0 Å². The maximum absolute atomic E-state index is 12.3. The predicted octanol–water partition coefficient (Wildman–Crippen LogP) is 1.90. The third kappa shape index (κ3) is 5.31. The average Bonchev–Trinajstić information content (AvgIpc) is 2.66. The van der Waals surface area contributed by atoms with Crippen molar-refractivity contribution in [1.29, 1.82) is 0 Å². The molecule has 6 heteroatoms. The highest BCUT2D eigenvalue weighted by Gasteiger charge is 2.23. The van der Waals surface area contributed by atoms with Crippen molar-refractivity contribution in [2.45, 2.75) is 25.9 Å². The number of nitrogens with zero attached hydrogens (tertiary/aromatic N) is 1. The van der Waals surface area contributed by atoms with E-state index in [1.807, 2.05) is 12.1 Å². The molecule has 0 aliphatic carbocycles. The predicted molar refractivity (Wildman–Crippen MR) is 106 cm³/mol. The summed E-state index contributed by atoms with van der Waals surface area (Å²) in [6.45, 7) is 2.91. The van der Waals surface area contributed by atoms with Crippen LogP contribution >= 0.6 is 0 Å². The van der Waals surface area contributed by atoms with Gasteiger partial charge in [-0.3, -0.25) is 14.5 Å². The third-order valence-electron chi connectivity index (χ3n) is 4.91. The van der Waals surface area contributed by atoms with Gasteiger partial charge in [0.2, 0.25) is 5.91 Å². The summed E-state index contributed by atoms with van der Waals surface area (Å²) in [5.41, 5.74) is 14.5. The number of piperidine rings is 1. The number of carbonyl (C=O) groups is 2. The molecule has 1 saturated heterocycles. The molecular formula is C21H26N4O2. The molecule has 2 amide bonds. The van der Waals surface area contributed by atoms with E-state index in [4.69, 9.17) is 11.5 Å². The molecule has 0 spiro atoms. The number of likely N-dealkylation sites (tertiary alicyclic amines) is 1. The number of hydrogen-bond donors (Lipinski definition) is 3. The number of rotatable bonds is 6. The first-order chi connectivity index (χ1) is 13.0. The molecule has 142 valence electrons. The van der Waals surface area contributed by atoms with Gasteiger partial charge in [-0.1, -0.05) is 30.3 Å². The summed E-state index contributed by atoms with van der Waals surface area (Å²) < 4.78 is 0. The number of nitrogens with two attached hydrogens (primary N) is 2. The molecule has 0 aromatic heterocycles. The first-order valence-corrected chi connectivity index (χ1v) is 9.24. The fourth-order valence-electron chi connectivity index (χ4n) is 3.49.